The van der Waals surface area contributed by atoms with E-state index in [4.69, 9.17) is 4.74 Å². The molecule has 0 saturated carbocycles. The Morgan fingerprint density at radius 1 is 1.35 bits per heavy atom. The van der Waals surface area contributed by atoms with Crippen molar-refractivity contribution in [3.63, 3.8) is 0 Å². The first-order valence-corrected chi connectivity index (χ1v) is 6.76. The molecule has 5 heteroatoms. The Kier molecular flexibility index (Phi) is 3.41. The van der Waals surface area contributed by atoms with E-state index in [-0.39, 0.29) is 12.5 Å². The van der Waals surface area contributed by atoms with Gasteiger partial charge in [0.2, 0.25) is 0 Å². The van der Waals surface area contributed by atoms with Crippen LogP contribution in [0, 0.1) is 0 Å². The number of para-hydroxylation sites is 1. The van der Waals surface area contributed by atoms with Crippen LogP contribution < -0.4 is 10.1 Å². The second-order valence-electron chi connectivity index (χ2n) is 4.90. The Morgan fingerprint density at radius 2 is 2.15 bits per heavy atom. The average molecular weight is 271 g/mol. The van der Waals surface area contributed by atoms with Gasteiger partial charge in [-0.15, -0.1) is 0 Å². The fourth-order valence-corrected chi connectivity index (χ4v) is 2.51. The number of anilines is 1. The molecule has 0 bridgehead atoms. The minimum atomic E-state index is -0.161. The number of benzene rings is 1. The molecule has 104 valence electrons. The Labute approximate surface area is 117 Å². The number of ether oxygens (including phenoxy) is 1. The predicted molar refractivity (Wildman–Crippen MR) is 75.8 cm³/mol. The molecule has 2 aromatic rings. The second-order valence-corrected chi connectivity index (χ2v) is 4.90. The number of amides is 1. The van der Waals surface area contributed by atoms with Gasteiger partial charge in [-0.3, -0.25) is 9.48 Å². The molecule has 0 aliphatic heterocycles. The van der Waals surface area contributed by atoms with Crippen molar-refractivity contribution in [1.82, 2.24) is 9.78 Å². The van der Waals surface area contributed by atoms with Gasteiger partial charge in [0.25, 0.3) is 5.91 Å². The third kappa shape index (κ3) is 2.52. The van der Waals surface area contributed by atoms with Gasteiger partial charge in [-0.05, 0) is 31.4 Å². The van der Waals surface area contributed by atoms with Crippen LogP contribution in [-0.2, 0) is 24.7 Å². The van der Waals surface area contributed by atoms with Gasteiger partial charge in [0, 0.05) is 12.6 Å². The molecule has 1 heterocycles. The molecule has 1 aliphatic carbocycles. The topological polar surface area (TPSA) is 56.2 Å². The number of carbonyl (C=O) groups is 1. The maximum Gasteiger partial charge on any atom is 0.263 e. The van der Waals surface area contributed by atoms with E-state index < -0.39 is 0 Å². The smallest absolute Gasteiger partial charge is 0.263 e. The summed E-state index contributed by atoms with van der Waals surface area (Å²) >= 11 is 0. The first kappa shape index (κ1) is 12.7. The van der Waals surface area contributed by atoms with Gasteiger partial charge >= 0.3 is 0 Å². The van der Waals surface area contributed by atoms with E-state index in [1.807, 2.05) is 37.4 Å². The van der Waals surface area contributed by atoms with Crippen molar-refractivity contribution in [2.24, 2.45) is 7.05 Å². The first-order valence-electron chi connectivity index (χ1n) is 6.76. The van der Waals surface area contributed by atoms with E-state index in [1.165, 1.54) is 5.56 Å². The van der Waals surface area contributed by atoms with Crippen LogP contribution in [0.15, 0.2) is 30.3 Å². The highest BCUT2D eigenvalue weighted by molar-refractivity contribution is 5.92. The fourth-order valence-electron chi connectivity index (χ4n) is 2.51. The van der Waals surface area contributed by atoms with E-state index in [1.54, 1.807) is 4.68 Å². The van der Waals surface area contributed by atoms with E-state index in [2.05, 4.69) is 10.4 Å². The molecule has 1 aromatic heterocycles. The molecule has 1 aliphatic rings. The van der Waals surface area contributed by atoms with Crippen LogP contribution in [0.5, 0.6) is 5.75 Å². The van der Waals surface area contributed by atoms with Crippen molar-refractivity contribution in [3.8, 4) is 5.75 Å². The van der Waals surface area contributed by atoms with Gasteiger partial charge < -0.3 is 10.1 Å². The maximum absolute atomic E-state index is 12.0. The molecule has 1 N–H and O–H groups in total. The number of hydrogen-bond donors (Lipinski definition) is 1. The normalized spacial score (nSPS) is 13.1. The highest BCUT2D eigenvalue weighted by atomic mass is 16.5. The lowest BCUT2D eigenvalue weighted by Crippen LogP contribution is -2.22. The molecule has 1 aromatic carbocycles. The highest BCUT2D eigenvalue weighted by Crippen LogP contribution is 2.27. The quantitative estimate of drug-likeness (QED) is 0.924. The molecule has 20 heavy (non-hydrogen) atoms. The van der Waals surface area contributed by atoms with Crippen molar-refractivity contribution in [2.45, 2.75) is 19.3 Å². The Bertz CT molecular complexity index is 620. The number of aromatic nitrogens is 2. The van der Waals surface area contributed by atoms with Crippen LogP contribution in [0.4, 0.5) is 5.82 Å². The zero-order valence-corrected chi connectivity index (χ0v) is 11.4. The van der Waals surface area contributed by atoms with E-state index in [9.17, 15) is 4.79 Å². The summed E-state index contributed by atoms with van der Waals surface area (Å²) in [6.45, 7) is 0.00394. The van der Waals surface area contributed by atoms with Crippen LogP contribution in [0.25, 0.3) is 0 Å². The molecular weight excluding hydrogens is 254 g/mol. The molecule has 3 rings (SSSR count). The maximum atomic E-state index is 12.0. The number of carbonyl (C=O) groups excluding carboxylic acids is 1. The predicted octanol–water partition coefficient (Wildman–Crippen LogP) is 1.93. The molecule has 1 amide bonds. The minimum absolute atomic E-state index is 0.00394. The molecule has 0 unspecified atom stereocenters. The largest absolute Gasteiger partial charge is 0.484 e. The Morgan fingerprint density at radius 3 is 2.95 bits per heavy atom. The monoisotopic (exact) mass is 271 g/mol. The van der Waals surface area contributed by atoms with Crippen LogP contribution in [-0.4, -0.2) is 22.3 Å². The SMILES string of the molecule is Cn1nc2c(c1NC(=O)COc1ccccc1)CCC2. The lowest BCUT2D eigenvalue weighted by molar-refractivity contribution is -0.118. The fraction of sp³-hybridized carbons (Fsp3) is 0.333. The number of nitrogens with one attached hydrogen (secondary N) is 1. The average Bonchev–Trinajstić information content (AvgIpc) is 3.01. The van der Waals surface area contributed by atoms with Gasteiger partial charge in [-0.1, -0.05) is 18.2 Å². The lowest BCUT2D eigenvalue weighted by Gasteiger charge is -2.09. The summed E-state index contributed by atoms with van der Waals surface area (Å²) in [6.07, 6.45) is 3.10. The number of fused-ring (bicyclic) bond motifs is 1. The molecule has 0 radical (unpaired) electrons. The molecule has 0 fully saturated rings. The zero-order chi connectivity index (χ0) is 13.9. The summed E-state index contributed by atoms with van der Waals surface area (Å²) in [5, 5.41) is 7.32. The lowest BCUT2D eigenvalue weighted by atomic mass is 10.2. The molecule has 0 atom stereocenters. The van der Waals surface area contributed by atoms with Crippen LogP contribution in [0.1, 0.15) is 17.7 Å². The molecule has 0 spiro atoms. The number of aryl methyl sites for hydroxylation is 2. The summed E-state index contributed by atoms with van der Waals surface area (Å²) in [7, 11) is 1.85. The van der Waals surface area contributed by atoms with Gasteiger partial charge in [0.1, 0.15) is 11.6 Å². The van der Waals surface area contributed by atoms with Gasteiger partial charge in [0.05, 0.1) is 5.69 Å². The Balaban J connectivity index is 1.62. The summed E-state index contributed by atoms with van der Waals surface area (Å²) < 4.78 is 7.17. The first-order chi connectivity index (χ1) is 9.74. The Hall–Kier alpha value is -2.30. The third-order valence-corrected chi connectivity index (χ3v) is 3.44. The summed E-state index contributed by atoms with van der Waals surface area (Å²) in [4.78, 5) is 12.0. The van der Waals surface area contributed by atoms with Crippen molar-refractivity contribution < 1.29 is 9.53 Å². The van der Waals surface area contributed by atoms with Crippen molar-refractivity contribution >= 4 is 11.7 Å². The molecule has 5 nitrogen and oxygen atoms in total. The van der Waals surface area contributed by atoms with Gasteiger partial charge in [-0.2, -0.15) is 5.10 Å². The second kappa shape index (κ2) is 5.36. The minimum Gasteiger partial charge on any atom is -0.484 e. The van der Waals surface area contributed by atoms with Crippen molar-refractivity contribution in [1.29, 1.82) is 0 Å². The summed E-state index contributed by atoms with van der Waals surface area (Å²) in [5.74, 6) is 1.34. The van der Waals surface area contributed by atoms with E-state index in [0.29, 0.717) is 5.75 Å². The number of nitrogens with zero attached hydrogens (tertiary/aromatic N) is 2. The van der Waals surface area contributed by atoms with Gasteiger partial charge in [0.15, 0.2) is 6.61 Å². The van der Waals surface area contributed by atoms with Crippen LogP contribution in [0.2, 0.25) is 0 Å². The van der Waals surface area contributed by atoms with Crippen molar-refractivity contribution in [3.05, 3.63) is 41.6 Å². The van der Waals surface area contributed by atoms with Crippen LogP contribution in [0.3, 0.4) is 0 Å². The summed E-state index contributed by atoms with van der Waals surface area (Å²) in [5.41, 5.74) is 2.27. The number of hydrogen-bond acceptors (Lipinski definition) is 3. The number of rotatable bonds is 4. The summed E-state index contributed by atoms with van der Waals surface area (Å²) in [6, 6.07) is 9.32. The van der Waals surface area contributed by atoms with E-state index in [0.717, 1.165) is 30.8 Å². The molecule has 0 saturated heterocycles. The zero-order valence-electron chi connectivity index (χ0n) is 11.4. The van der Waals surface area contributed by atoms with Crippen LogP contribution >= 0.6 is 0 Å². The van der Waals surface area contributed by atoms with Crippen molar-refractivity contribution in [2.75, 3.05) is 11.9 Å². The molecular formula is C15H17N3O2. The van der Waals surface area contributed by atoms with Gasteiger partial charge in [-0.25, -0.2) is 0 Å². The van der Waals surface area contributed by atoms with E-state index >= 15 is 0 Å². The third-order valence-electron chi connectivity index (χ3n) is 3.44. The highest BCUT2D eigenvalue weighted by Gasteiger charge is 2.22. The standard InChI is InChI=1S/C15H17N3O2/c1-18-15(12-8-5-9-13(12)17-18)16-14(19)10-20-11-6-3-2-4-7-11/h2-4,6-7H,5,8-10H2,1H3,(H,16,19).